The summed E-state index contributed by atoms with van der Waals surface area (Å²) in [6, 6.07) is 18.6. The highest BCUT2D eigenvalue weighted by atomic mass is 32.2. The van der Waals surface area contributed by atoms with Gasteiger partial charge in [0.1, 0.15) is 5.75 Å². The van der Waals surface area contributed by atoms with Gasteiger partial charge in [-0.3, -0.25) is 9.78 Å². The summed E-state index contributed by atoms with van der Waals surface area (Å²) in [4.78, 5) is 16.0. The lowest BCUT2D eigenvalue weighted by Crippen LogP contribution is -2.28. The lowest BCUT2D eigenvalue weighted by molar-refractivity contribution is -0.123. The van der Waals surface area contributed by atoms with Crippen molar-refractivity contribution in [3.63, 3.8) is 0 Å². The first kappa shape index (κ1) is 21.5. The summed E-state index contributed by atoms with van der Waals surface area (Å²) in [5.74, 6) is 0.121. The Labute approximate surface area is 176 Å². The molecule has 0 unspecified atom stereocenters. The van der Waals surface area contributed by atoms with E-state index in [-0.39, 0.29) is 23.5 Å². The summed E-state index contributed by atoms with van der Waals surface area (Å²) in [5, 5.41) is 2.73. The number of nitrogens with zero attached hydrogens (tertiary/aromatic N) is 1. The zero-order valence-electron chi connectivity index (χ0n) is 16.5. The molecule has 2 N–H and O–H groups in total. The van der Waals surface area contributed by atoms with Gasteiger partial charge in [-0.2, -0.15) is 0 Å². The zero-order chi connectivity index (χ0) is 21.4. The molecule has 1 heterocycles. The van der Waals surface area contributed by atoms with Crippen LogP contribution in [-0.2, 0) is 21.4 Å². The average molecular weight is 426 g/mol. The number of sulfonamides is 1. The smallest absolute Gasteiger partial charge is 0.258 e. The van der Waals surface area contributed by atoms with Gasteiger partial charge in [-0.1, -0.05) is 36.4 Å². The number of carbonyl (C=O) groups excluding carboxylic acids is 1. The van der Waals surface area contributed by atoms with Crippen LogP contribution in [0.2, 0.25) is 0 Å². The molecule has 0 aliphatic rings. The Hall–Kier alpha value is -3.23. The zero-order valence-corrected chi connectivity index (χ0v) is 17.3. The second kappa shape index (κ2) is 10.00. The Bertz CT molecular complexity index is 1060. The summed E-state index contributed by atoms with van der Waals surface area (Å²) >= 11 is 0. The maximum atomic E-state index is 12.6. The Kier molecular flexibility index (Phi) is 7.16. The van der Waals surface area contributed by atoms with Gasteiger partial charge in [0.2, 0.25) is 10.0 Å². The highest BCUT2D eigenvalue weighted by Gasteiger charge is 2.18. The second-order valence-corrected chi connectivity index (χ2v) is 8.37. The normalized spacial score (nSPS) is 12.2. The molecular weight excluding hydrogens is 402 g/mol. The summed E-state index contributed by atoms with van der Waals surface area (Å²) in [5.41, 5.74) is 1.76. The van der Waals surface area contributed by atoms with Gasteiger partial charge in [0.15, 0.2) is 6.61 Å². The van der Waals surface area contributed by atoms with Crippen LogP contribution in [0.5, 0.6) is 5.75 Å². The lowest BCUT2D eigenvalue weighted by Gasteiger charge is -2.15. The highest BCUT2D eigenvalue weighted by Crippen LogP contribution is 2.19. The summed E-state index contributed by atoms with van der Waals surface area (Å²) in [7, 11) is -3.69. The average Bonchev–Trinajstić information content (AvgIpc) is 2.77. The van der Waals surface area contributed by atoms with E-state index in [2.05, 4.69) is 15.0 Å². The van der Waals surface area contributed by atoms with E-state index in [0.29, 0.717) is 12.3 Å². The SMILES string of the molecule is C[C@H](NS(=O)(=O)c1ccc(OCC(=O)NCc2cccnc2)cc1)c1ccccc1. The maximum absolute atomic E-state index is 12.6. The minimum Gasteiger partial charge on any atom is -0.484 e. The standard InChI is InChI=1S/C22H23N3O4S/c1-17(19-7-3-2-4-8-19)25-30(27,28)21-11-9-20(10-12-21)29-16-22(26)24-15-18-6-5-13-23-14-18/h2-14,17,25H,15-16H2,1H3,(H,24,26)/t17-/m0/s1. The minimum absolute atomic E-state index is 0.124. The monoisotopic (exact) mass is 425 g/mol. The molecular formula is C22H23N3O4S. The fraction of sp³-hybridized carbons (Fsp3) is 0.182. The van der Waals surface area contributed by atoms with E-state index in [9.17, 15) is 13.2 Å². The van der Waals surface area contributed by atoms with E-state index in [4.69, 9.17) is 4.74 Å². The van der Waals surface area contributed by atoms with Gasteiger partial charge in [0, 0.05) is 25.0 Å². The van der Waals surface area contributed by atoms with Crippen LogP contribution in [-0.4, -0.2) is 25.9 Å². The quantitative estimate of drug-likeness (QED) is 0.549. The molecule has 0 spiro atoms. The van der Waals surface area contributed by atoms with Gasteiger partial charge >= 0.3 is 0 Å². The number of aromatic nitrogens is 1. The molecule has 0 fully saturated rings. The van der Waals surface area contributed by atoms with E-state index < -0.39 is 10.0 Å². The molecule has 3 aromatic rings. The number of ether oxygens (including phenoxy) is 1. The van der Waals surface area contributed by atoms with Crippen molar-refractivity contribution >= 4 is 15.9 Å². The van der Waals surface area contributed by atoms with E-state index in [1.807, 2.05) is 36.4 Å². The highest BCUT2D eigenvalue weighted by molar-refractivity contribution is 7.89. The number of pyridine rings is 1. The summed E-state index contributed by atoms with van der Waals surface area (Å²) < 4.78 is 33.3. The first-order valence-electron chi connectivity index (χ1n) is 9.40. The van der Waals surface area contributed by atoms with Crippen molar-refractivity contribution < 1.29 is 17.9 Å². The van der Waals surface area contributed by atoms with Crippen molar-refractivity contribution in [1.82, 2.24) is 15.0 Å². The Balaban J connectivity index is 1.52. The van der Waals surface area contributed by atoms with Crippen LogP contribution in [0.15, 0.2) is 84.0 Å². The molecule has 0 aliphatic carbocycles. The van der Waals surface area contributed by atoms with Crippen molar-refractivity contribution in [1.29, 1.82) is 0 Å². The molecule has 8 heteroatoms. The first-order valence-corrected chi connectivity index (χ1v) is 10.9. The number of nitrogens with one attached hydrogen (secondary N) is 2. The fourth-order valence-electron chi connectivity index (χ4n) is 2.73. The van der Waals surface area contributed by atoms with Gasteiger partial charge in [-0.15, -0.1) is 0 Å². The maximum Gasteiger partial charge on any atom is 0.258 e. The topological polar surface area (TPSA) is 97.4 Å². The molecule has 156 valence electrons. The van der Waals surface area contributed by atoms with Crippen molar-refractivity contribution in [2.45, 2.75) is 24.4 Å². The van der Waals surface area contributed by atoms with Gasteiger partial charge in [0.25, 0.3) is 5.91 Å². The van der Waals surface area contributed by atoms with Gasteiger partial charge < -0.3 is 10.1 Å². The first-order chi connectivity index (χ1) is 14.4. The third kappa shape index (κ3) is 6.13. The molecule has 2 aromatic carbocycles. The molecule has 0 saturated carbocycles. The van der Waals surface area contributed by atoms with E-state index in [1.54, 1.807) is 25.4 Å². The summed E-state index contributed by atoms with van der Waals surface area (Å²) in [6.07, 6.45) is 3.34. The van der Waals surface area contributed by atoms with Gasteiger partial charge in [-0.05, 0) is 48.4 Å². The fourth-order valence-corrected chi connectivity index (χ4v) is 3.96. The van der Waals surface area contributed by atoms with Gasteiger partial charge in [-0.25, -0.2) is 13.1 Å². The third-order valence-electron chi connectivity index (χ3n) is 4.35. The summed E-state index contributed by atoms with van der Waals surface area (Å²) in [6.45, 7) is 1.97. The van der Waals surface area contributed by atoms with Crippen LogP contribution < -0.4 is 14.8 Å². The Morgan fingerprint density at radius 3 is 2.43 bits per heavy atom. The molecule has 1 amide bonds. The van der Waals surface area contributed by atoms with E-state index in [1.165, 1.54) is 24.3 Å². The van der Waals surface area contributed by atoms with Crippen LogP contribution in [0, 0.1) is 0 Å². The minimum atomic E-state index is -3.69. The van der Waals surface area contributed by atoms with Crippen molar-refractivity contribution in [2.75, 3.05) is 6.61 Å². The van der Waals surface area contributed by atoms with Crippen LogP contribution in [0.25, 0.3) is 0 Å². The number of amides is 1. The molecule has 7 nitrogen and oxygen atoms in total. The molecule has 1 aromatic heterocycles. The number of benzene rings is 2. The lowest BCUT2D eigenvalue weighted by atomic mass is 10.1. The second-order valence-electron chi connectivity index (χ2n) is 6.65. The number of carbonyl (C=O) groups is 1. The van der Waals surface area contributed by atoms with E-state index in [0.717, 1.165) is 11.1 Å². The Morgan fingerprint density at radius 2 is 1.77 bits per heavy atom. The third-order valence-corrected chi connectivity index (χ3v) is 5.90. The molecule has 0 aliphatic heterocycles. The van der Waals surface area contributed by atoms with Crippen molar-refractivity contribution in [3.8, 4) is 5.75 Å². The van der Waals surface area contributed by atoms with Crippen LogP contribution in [0.4, 0.5) is 0 Å². The molecule has 3 rings (SSSR count). The largest absolute Gasteiger partial charge is 0.484 e. The van der Waals surface area contributed by atoms with Crippen LogP contribution in [0.1, 0.15) is 24.1 Å². The van der Waals surface area contributed by atoms with Crippen LogP contribution in [0.3, 0.4) is 0 Å². The molecule has 30 heavy (non-hydrogen) atoms. The Morgan fingerprint density at radius 1 is 1.03 bits per heavy atom. The molecule has 1 atom stereocenters. The molecule has 0 bridgehead atoms. The molecule has 0 radical (unpaired) electrons. The number of hydrogen-bond donors (Lipinski definition) is 2. The number of hydrogen-bond acceptors (Lipinski definition) is 5. The number of rotatable bonds is 9. The van der Waals surface area contributed by atoms with Crippen molar-refractivity contribution in [2.24, 2.45) is 0 Å². The van der Waals surface area contributed by atoms with Crippen LogP contribution >= 0.6 is 0 Å². The predicted molar refractivity (Wildman–Crippen MR) is 113 cm³/mol. The van der Waals surface area contributed by atoms with Gasteiger partial charge in [0.05, 0.1) is 4.90 Å². The predicted octanol–water partition coefficient (Wildman–Crippen LogP) is 2.82. The molecule has 0 saturated heterocycles. The van der Waals surface area contributed by atoms with E-state index >= 15 is 0 Å². The van der Waals surface area contributed by atoms with Crippen molar-refractivity contribution in [3.05, 3.63) is 90.3 Å².